The van der Waals surface area contributed by atoms with E-state index in [2.05, 4.69) is 17.9 Å². The van der Waals surface area contributed by atoms with Gasteiger partial charge >= 0.3 is 11.9 Å². The Morgan fingerprint density at radius 3 is 2.36 bits per heavy atom. The first-order valence-corrected chi connectivity index (χ1v) is 3.67. The lowest BCUT2D eigenvalue weighted by molar-refractivity contribution is -0.133. The van der Waals surface area contributed by atoms with Gasteiger partial charge < -0.3 is 9.84 Å². The van der Waals surface area contributed by atoms with Gasteiger partial charge in [0.1, 0.15) is 0 Å². The number of allylic oxidation sites excluding steroid dienone is 2. The molecular formula is C10H10O4. The lowest BCUT2D eigenvalue weighted by atomic mass is 10.2. The molecule has 0 aliphatic rings. The molecule has 0 atom stereocenters. The van der Waals surface area contributed by atoms with E-state index in [4.69, 9.17) is 5.11 Å². The van der Waals surface area contributed by atoms with Crippen molar-refractivity contribution in [3.63, 3.8) is 0 Å². The summed E-state index contributed by atoms with van der Waals surface area (Å²) < 4.78 is 4.46. The largest absolute Gasteiger partial charge is 0.478 e. The Morgan fingerprint density at radius 2 is 1.93 bits per heavy atom. The van der Waals surface area contributed by atoms with Crippen LogP contribution in [0, 0.1) is 0 Å². The second-order valence-electron chi connectivity index (χ2n) is 2.10. The third-order valence-electron chi connectivity index (χ3n) is 1.16. The number of carbonyl (C=O) groups is 2. The summed E-state index contributed by atoms with van der Waals surface area (Å²) in [5.41, 5.74) is 0.155. The summed E-state index contributed by atoms with van der Waals surface area (Å²) in [5.74, 6) is -1.73. The molecule has 0 spiro atoms. The van der Waals surface area contributed by atoms with E-state index in [-0.39, 0.29) is 5.57 Å². The third kappa shape index (κ3) is 4.71. The second-order valence-corrected chi connectivity index (χ2v) is 2.10. The van der Waals surface area contributed by atoms with Crippen molar-refractivity contribution in [3.8, 4) is 0 Å². The van der Waals surface area contributed by atoms with E-state index in [0.717, 1.165) is 12.3 Å². The molecular weight excluding hydrogens is 184 g/mol. The number of carboxylic acid groups (broad SMARTS) is 1. The monoisotopic (exact) mass is 194 g/mol. The zero-order valence-corrected chi connectivity index (χ0v) is 7.47. The molecule has 0 aromatic heterocycles. The summed E-state index contributed by atoms with van der Waals surface area (Å²) >= 11 is 0. The number of carboxylic acids is 1. The first-order chi connectivity index (χ1) is 6.61. The predicted molar refractivity (Wildman–Crippen MR) is 51.3 cm³/mol. The zero-order valence-electron chi connectivity index (χ0n) is 7.47. The van der Waals surface area contributed by atoms with Gasteiger partial charge in [-0.2, -0.15) is 0 Å². The molecule has 0 fully saturated rings. The Morgan fingerprint density at radius 1 is 1.29 bits per heavy atom. The van der Waals surface area contributed by atoms with Crippen LogP contribution in [0.5, 0.6) is 0 Å². The average molecular weight is 194 g/mol. The van der Waals surface area contributed by atoms with Crippen LogP contribution < -0.4 is 0 Å². The molecule has 0 heterocycles. The molecule has 0 aliphatic heterocycles. The van der Waals surface area contributed by atoms with Crippen LogP contribution in [0.4, 0.5) is 0 Å². The molecule has 0 saturated heterocycles. The minimum Gasteiger partial charge on any atom is -0.478 e. The van der Waals surface area contributed by atoms with Crippen molar-refractivity contribution in [1.82, 2.24) is 0 Å². The Balaban J connectivity index is 4.54. The molecule has 4 nitrogen and oxygen atoms in total. The molecule has 14 heavy (non-hydrogen) atoms. The fourth-order valence-electron chi connectivity index (χ4n) is 0.597. The first-order valence-electron chi connectivity index (χ1n) is 3.67. The summed E-state index contributed by atoms with van der Waals surface area (Å²) in [7, 11) is 0. The van der Waals surface area contributed by atoms with Crippen molar-refractivity contribution in [2.24, 2.45) is 0 Å². The van der Waals surface area contributed by atoms with Crippen molar-refractivity contribution in [2.75, 3.05) is 0 Å². The van der Waals surface area contributed by atoms with E-state index < -0.39 is 11.9 Å². The topological polar surface area (TPSA) is 63.6 Å². The molecule has 0 aromatic rings. The number of carbonyl (C=O) groups excluding carboxylic acids is 1. The number of hydrogen-bond donors (Lipinski definition) is 1. The van der Waals surface area contributed by atoms with Crippen LogP contribution in [-0.4, -0.2) is 17.0 Å². The second kappa shape index (κ2) is 6.42. The molecule has 0 amide bonds. The van der Waals surface area contributed by atoms with Gasteiger partial charge in [-0.05, 0) is 6.08 Å². The van der Waals surface area contributed by atoms with Gasteiger partial charge in [0.05, 0.1) is 11.8 Å². The Hall–Kier alpha value is -2.10. The van der Waals surface area contributed by atoms with Gasteiger partial charge in [0.25, 0.3) is 0 Å². The lowest BCUT2D eigenvalue weighted by Gasteiger charge is -1.96. The number of aliphatic carboxylic acids is 1. The molecule has 0 aliphatic carbocycles. The third-order valence-corrected chi connectivity index (χ3v) is 1.16. The van der Waals surface area contributed by atoms with Crippen molar-refractivity contribution in [2.45, 2.75) is 0 Å². The van der Waals surface area contributed by atoms with Crippen LogP contribution in [0.25, 0.3) is 0 Å². The Kier molecular flexibility index (Phi) is 5.46. The fourth-order valence-corrected chi connectivity index (χ4v) is 0.597. The Bertz CT molecular complexity index is 310. The average Bonchev–Trinajstić information content (AvgIpc) is 2.12. The van der Waals surface area contributed by atoms with Crippen molar-refractivity contribution >= 4 is 11.9 Å². The van der Waals surface area contributed by atoms with Gasteiger partial charge in [0, 0.05) is 6.08 Å². The SMILES string of the molecule is C=COC(=O)C(C=C)=CC=CC(=O)O. The number of rotatable bonds is 5. The highest BCUT2D eigenvalue weighted by molar-refractivity contribution is 5.92. The van der Waals surface area contributed by atoms with E-state index in [1.165, 1.54) is 18.2 Å². The molecule has 74 valence electrons. The van der Waals surface area contributed by atoms with E-state index in [1.807, 2.05) is 0 Å². The standard InChI is InChI=1S/C10H10O4/c1-3-8(10(13)14-4-2)6-5-7-9(11)12/h3-7H,1-2H2,(H,11,12). The maximum atomic E-state index is 11.0. The molecule has 4 heteroatoms. The molecule has 0 aromatic carbocycles. The van der Waals surface area contributed by atoms with Crippen LogP contribution in [0.3, 0.4) is 0 Å². The highest BCUT2D eigenvalue weighted by Gasteiger charge is 2.03. The molecule has 0 rings (SSSR count). The van der Waals surface area contributed by atoms with Crippen molar-refractivity contribution in [3.05, 3.63) is 49.3 Å². The van der Waals surface area contributed by atoms with E-state index in [0.29, 0.717) is 0 Å². The summed E-state index contributed by atoms with van der Waals surface area (Å²) in [5, 5.41) is 8.27. The first kappa shape index (κ1) is 11.9. The van der Waals surface area contributed by atoms with Crippen LogP contribution in [0.1, 0.15) is 0 Å². The van der Waals surface area contributed by atoms with Gasteiger partial charge in [-0.15, -0.1) is 0 Å². The maximum absolute atomic E-state index is 11.0. The van der Waals surface area contributed by atoms with Gasteiger partial charge in [-0.1, -0.05) is 25.3 Å². The molecule has 0 bridgehead atoms. The maximum Gasteiger partial charge on any atom is 0.342 e. The van der Waals surface area contributed by atoms with Crippen molar-refractivity contribution < 1.29 is 19.4 Å². The van der Waals surface area contributed by atoms with E-state index >= 15 is 0 Å². The quantitative estimate of drug-likeness (QED) is 0.311. The highest BCUT2D eigenvalue weighted by Crippen LogP contribution is 2.00. The zero-order chi connectivity index (χ0) is 11.0. The van der Waals surface area contributed by atoms with Crippen LogP contribution in [0.15, 0.2) is 49.3 Å². The van der Waals surface area contributed by atoms with E-state index in [1.54, 1.807) is 0 Å². The molecule has 1 N–H and O–H groups in total. The van der Waals surface area contributed by atoms with Crippen LogP contribution >= 0.6 is 0 Å². The molecule has 0 radical (unpaired) electrons. The van der Waals surface area contributed by atoms with Gasteiger partial charge in [0.15, 0.2) is 0 Å². The summed E-state index contributed by atoms with van der Waals surface area (Å²) in [6.07, 6.45) is 5.64. The number of esters is 1. The summed E-state index contributed by atoms with van der Waals surface area (Å²) in [6.45, 7) is 6.59. The van der Waals surface area contributed by atoms with Gasteiger partial charge in [0.2, 0.25) is 0 Å². The normalized spacial score (nSPS) is 11.0. The highest BCUT2D eigenvalue weighted by atomic mass is 16.5. The van der Waals surface area contributed by atoms with Gasteiger partial charge in [-0.25, -0.2) is 9.59 Å². The van der Waals surface area contributed by atoms with Crippen LogP contribution in [0.2, 0.25) is 0 Å². The lowest BCUT2D eigenvalue weighted by Crippen LogP contribution is -2.01. The predicted octanol–water partition coefficient (Wildman–Crippen LogP) is 1.43. The summed E-state index contributed by atoms with van der Waals surface area (Å²) in [6, 6.07) is 0. The number of ether oxygens (including phenoxy) is 1. The van der Waals surface area contributed by atoms with E-state index in [9.17, 15) is 9.59 Å². The summed E-state index contributed by atoms with van der Waals surface area (Å²) in [4.78, 5) is 21.1. The van der Waals surface area contributed by atoms with Crippen LogP contribution in [-0.2, 0) is 14.3 Å². The minimum absolute atomic E-state index is 0.155. The smallest absolute Gasteiger partial charge is 0.342 e. The Labute approximate surface area is 81.5 Å². The number of hydrogen-bond acceptors (Lipinski definition) is 3. The molecule has 0 saturated carbocycles. The van der Waals surface area contributed by atoms with Crippen molar-refractivity contribution in [1.29, 1.82) is 0 Å². The molecule has 0 unspecified atom stereocenters. The van der Waals surface area contributed by atoms with Gasteiger partial charge in [-0.3, -0.25) is 0 Å². The minimum atomic E-state index is -1.10. The fraction of sp³-hybridized carbons (Fsp3) is 0.